The number of aromatic carboxylic acids is 1. The number of hydrogen-bond donors (Lipinski definition) is 1. The van der Waals surface area contributed by atoms with Gasteiger partial charge in [-0.15, -0.1) is 0 Å². The van der Waals surface area contributed by atoms with E-state index < -0.39 is 5.97 Å². The Morgan fingerprint density at radius 3 is 3.06 bits per heavy atom. The van der Waals surface area contributed by atoms with E-state index in [4.69, 9.17) is 5.11 Å². The molecular formula is C10H5BrN2O2S. The van der Waals surface area contributed by atoms with E-state index in [1.54, 1.807) is 10.6 Å². The molecule has 1 aromatic carbocycles. The molecule has 1 N–H and O–H groups in total. The summed E-state index contributed by atoms with van der Waals surface area (Å²) in [4.78, 5) is 15.5. The molecule has 0 atom stereocenters. The van der Waals surface area contributed by atoms with Gasteiger partial charge < -0.3 is 5.11 Å². The van der Waals surface area contributed by atoms with Crippen LogP contribution in [-0.2, 0) is 0 Å². The highest BCUT2D eigenvalue weighted by atomic mass is 79.9. The molecule has 4 nitrogen and oxygen atoms in total. The van der Waals surface area contributed by atoms with Gasteiger partial charge in [0.05, 0.1) is 10.2 Å². The number of aromatic nitrogens is 2. The van der Waals surface area contributed by atoms with Crippen molar-refractivity contribution in [2.75, 3.05) is 0 Å². The maximum Gasteiger partial charge on any atom is 0.356 e. The highest BCUT2D eigenvalue weighted by molar-refractivity contribution is 9.10. The summed E-state index contributed by atoms with van der Waals surface area (Å²) in [6.07, 6.45) is 1.55. The Bertz CT molecular complexity index is 716. The van der Waals surface area contributed by atoms with Crippen LogP contribution in [0.15, 0.2) is 28.9 Å². The van der Waals surface area contributed by atoms with Crippen LogP contribution in [-0.4, -0.2) is 20.5 Å². The van der Waals surface area contributed by atoms with E-state index in [1.807, 2.05) is 18.2 Å². The average Bonchev–Trinajstić information content (AvgIpc) is 2.73. The summed E-state index contributed by atoms with van der Waals surface area (Å²) in [6, 6.07) is 5.86. The van der Waals surface area contributed by atoms with Gasteiger partial charge in [-0.2, -0.15) is 0 Å². The van der Waals surface area contributed by atoms with E-state index >= 15 is 0 Å². The van der Waals surface area contributed by atoms with Crippen LogP contribution in [0, 0.1) is 0 Å². The fraction of sp³-hybridized carbons (Fsp3) is 0. The van der Waals surface area contributed by atoms with Crippen LogP contribution in [0.5, 0.6) is 0 Å². The molecule has 0 saturated heterocycles. The lowest BCUT2D eigenvalue weighted by molar-refractivity contribution is 0.0691. The monoisotopic (exact) mass is 296 g/mol. The smallest absolute Gasteiger partial charge is 0.356 e. The number of thiazole rings is 1. The number of carboxylic acids is 1. The highest BCUT2D eigenvalue weighted by Crippen LogP contribution is 2.28. The van der Waals surface area contributed by atoms with Crippen molar-refractivity contribution in [3.8, 4) is 0 Å². The Labute approximate surface area is 102 Å². The standard InChI is InChI=1S/C10H5BrN2O2S/c11-5-1-2-7-8(3-5)16-10-12-6(9(14)15)4-13(7)10/h1-4H,(H,14,15). The second kappa shape index (κ2) is 3.29. The topological polar surface area (TPSA) is 54.6 Å². The van der Waals surface area contributed by atoms with Crippen LogP contribution in [0.2, 0.25) is 0 Å². The van der Waals surface area contributed by atoms with Gasteiger partial charge in [0, 0.05) is 10.7 Å². The molecule has 16 heavy (non-hydrogen) atoms. The normalized spacial score (nSPS) is 11.3. The first-order valence-corrected chi connectivity index (χ1v) is 6.06. The van der Waals surface area contributed by atoms with Gasteiger partial charge in [0.25, 0.3) is 0 Å². The number of carbonyl (C=O) groups is 1. The van der Waals surface area contributed by atoms with Gasteiger partial charge in [-0.05, 0) is 18.2 Å². The van der Waals surface area contributed by atoms with Crippen molar-refractivity contribution in [2.24, 2.45) is 0 Å². The van der Waals surface area contributed by atoms with Gasteiger partial charge in [0.1, 0.15) is 0 Å². The van der Waals surface area contributed by atoms with Crippen molar-refractivity contribution in [3.63, 3.8) is 0 Å². The van der Waals surface area contributed by atoms with Crippen molar-refractivity contribution >= 4 is 48.4 Å². The number of rotatable bonds is 1. The molecule has 0 bridgehead atoms. The third-order valence-corrected chi connectivity index (χ3v) is 3.79. The summed E-state index contributed by atoms with van der Waals surface area (Å²) in [7, 11) is 0. The summed E-state index contributed by atoms with van der Waals surface area (Å²) in [6.45, 7) is 0. The van der Waals surface area contributed by atoms with Gasteiger partial charge in [-0.1, -0.05) is 27.3 Å². The number of hydrogen-bond acceptors (Lipinski definition) is 3. The third kappa shape index (κ3) is 1.34. The van der Waals surface area contributed by atoms with Crippen molar-refractivity contribution < 1.29 is 9.90 Å². The summed E-state index contributed by atoms with van der Waals surface area (Å²) in [5, 5.41) is 8.84. The predicted octanol–water partition coefficient (Wildman–Crippen LogP) is 3.01. The van der Waals surface area contributed by atoms with Gasteiger partial charge >= 0.3 is 5.97 Å². The average molecular weight is 297 g/mol. The van der Waals surface area contributed by atoms with E-state index in [2.05, 4.69) is 20.9 Å². The van der Waals surface area contributed by atoms with Crippen molar-refractivity contribution in [2.45, 2.75) is 0 Å². The van der Waals surface area contributed by atoms with E-state index in [0.29, 0.717) is 4.96 Å². The van der Waals surface area contributed by atoms with Crippen LogP contribution in [0.4, 0.5) is 0 Å². The quantitative estimate of drug-likeness (QED) is 0.751. The number of imidazole rings is 1. The molecule has 0 aliphatic rings. The van der Waals surface area contributed by atoms with Crippen LogP contribution in [0.1, 0.15) is 10.5 Å². The van der Waals surface area contributed by atoms with Gasteiger partial charge in [-0.25, -0.2) is 9.78 Å². The first-order chi connectivity index (χ1) is 7.65. The Balaban J connectivity index is 2.38. The van der Waals surface area contributed by atoms with Gasteiger partial charge in [0.2, 0.25) is 0 Å². The van der Waals surface area contributed by atoms with E-state index in [-0.39, 0.29) is 5.69 Å². The Kier molecular flexibility index (Phi) is 2.02. The number of benzene rings is 1. The SMILES string of the molecule is O=C(O)c1cn2c(n1)sc1cc(Br)ccc12. The van der Waals surface area contributed by atoms with Crippen molar-refractivity contribution in [3.05, 3.63) is 34.6 Å². The van der Waals surface area contributed by atoms with Crippen LogP contribution >= 0.6 is 27.3 Å². The van der Waals surface area contributed by atoms with Crippen molar-refractivity contribution in [1.29, 1.82) is 0 Å². The predicted molar refractivity (Wildman–Crippen MR) is 65.2 cm³/mol. The molecule has 2 heterocycles. The Morgan fingerprint density at radius 2 is 2.31 bits per heavy atom. The maximum absolute atomic E-state index is 10.8. The first-order valence-electron chi connectivity index (χ1n) is 4.45. The van der Waals surface area contributed by atoms with Crippen LogP contribution in [0.3, 0.4) is 0 Å². The van der Waals surface area contributed by atoms with Crippen LogP contribution < -0.4 is 0 Å². The summed E-state index contributed by atoms with van der Waals surface area (Å²) < 4.78 is 3.88. The second-order valence-corrected chi connectivity index (χ2v) is 5.22. The number of fused-ring (bicyclic) bond motifs is 3. The number of halogens is 1. The molecule has 0 radical (unpaired) electrons. The highest BCUT2D eigenvalue weighted by Gasteiger charge is 2.12. The lowest BCUT2D eigenvalue weighted by atomic mass is 10.3. The fourth-order valence-corrected chi connectivity index (χ4v) is 3.14. The largest absolute Gasteiger partial charge is 0.476 e. The zero-order chi connectivity index (χ0) is 11.3. The minimum atomic E-state index is -0.999. The molecule has 0 fully saturated rings. The second-order valence-electron chi connectivity index (χ2n) is 3.30. The molecule has 6 heteroatoms. The van der Waals surface area contributed by atoms with Gasteiger partial charge in [-0.3, -0.25) is 4.40 Å². The molecular weight excluding hydrogens is 292 g/mol. The number of nitrogens with zero attached hydrogens (tertiary/aromatic N) is 2. The van der Waals surface area contributed by atoms with Crippen LogP contribution in [0.25, 0.3) is 15.2 Å². The zero-order valence-corrected chi connectivity index (χ0v) is 10.2. The molecule has 80 valence electrons. The molecule has 0 amide bonds. The van der Waals surface area contributed by atoms with Crippen molar-refractivity contribution in [1.82, 2.24) is 9.38 Å². The molecule has 3 aromatic rings. The lowest BCUT2D eigenvalue weighted by Gasteiger charge is -1.91. The molecule has 0 unspecified atom stereocenters. The van der Waals surface area contributed by atoms with E-state index in [9.17, 15) is 4.79 Å². The molecule has 3 rings (SSSR count). The molecule has 0 aliphatic carbocycles. The molecule has 2 aromatic heterocycles. The van der Waals surface area contributed by atoms with E-state index in [0.717, 1.165) is 14.7 Å². The summed E-state index contributed by atoms with van der Waals surface area (Å²) in [5.74, 6) is -0.999. The van der Waals surface area contributed by atoms with E-state index in [1.165, 1.54) is 11.3 Å². The molecule has 0 aliphatic heterocycles. The lowest BCUT2D eigenvalue weighted by Crippen LogP contribution is -1.95. The molecule has 0 saturated carbocycles. The number of carboxylic acid groups (broad SMARTS) is 1. The Morgan fingerprint density at radius 1 is 1.50 bits per heavy atom. The fourth-order valence-electron chi connectivity index (χ4n) is 1.58. The third-order valence-electron chi connectivity index (χ3n) is 2.28. The summed E-state index contributed by atoms with van der Waals surface area (Å²) >= 11 is 4.87. The first kappa shape index (κ1) is 9.80. The Hall–Kier alpha value is -1.40. The minimum Gasteiger partial charge on any atom is -0.476 e. The minimum absolute atomic E-state index is 0.0797. The molecule has 0 spiro atoms. The summed E-state index contributed by atoms with van der Waals surface area (Å²) in [5.41, 5.74) is 1.05. The van der Waals surface area contributed by atoms with Gasteiger partial charge in [0.15, 0.2) is 10.7 Å². The maximum atomic E-state index is 10.8. The zero-order valence-electron chi connectivity index (χ0n) is 7.85.